The van der Waals surface area contributed by atoms with Gasteiger partial charge in [-0.05, 0) is 62.6 Å². The molecular formula is C23H28Cl2N2O3. The molecule has 5 nitrogen and oxygen atoms in total. The minimum Gasteiger partial charge on any atom is -0.484 e. The summed E-state index contributed by atoms with van der Waals surface area (Å²) in [7, 11) is 0. The molecule has 2 aromatic rings. The number of hydrogen-bond donors (Lipinski definition) is 1. The van der Waals surface area contributed by atoms with Gasteiger partial charge in [0.25, 0.3) is 5.91 Å². The first-order chi connectivity index (χ1) is 14.2. The van der Waals surface area contributed by atoms with Crippen molar-refractivity contribution in [3.8, 4) is 5.75 Å². The Balaban J connectivity index is 2.18. The van der Waals surface area contributed by atoms with Gasteiger partial charge in [-0.3, -0.25) is 9.59 Å². The van der Waals surface area contributed by atoms with Crippen molar-refractivity contribution in [2.75, 3.05) is 6.61 Å². The predicted molar refractivity (Wildman–Crippen MR) is 121 cm³/mol. The van der Waals surface area contributed by atoms with Gasteiger partial charge in [0, 0.05) is 12.6 Å². The summed E-state index contributed by atoms with van der Waals surface area (Å²) in [6.07, 6.45) is 0.801. The Morgan fingerprint density at radius 1 is 1.10 bits per heavy atom. The highest BCUT2D eigenvalue weighted by molar-refractivity contribution is 6.42. The zero-order valence-electron chi connectivity index (χ0n) is 17.7. The monoisotopic (exact) mass is 450 g/mol. The molecule has 0 aromatic heterocycles. The van der Waals surface area contributed by atoms with E-state index in [0.29, 0.717) is 15.8 Å². The molecule has 2 rings (SSSR count). The number of halogens is 2. The van der Waals surface area contributed by atoms with Crippen LogP contribution >= 0.6 is 23.2 Å². The minimum absolute atomic E-state index is 0.0189. The van der Waals surface area contributed by atoms with E-state index in [1.165, 1.54) is 4.90 Å². The second-order valence-corrected chi connectivity index (χ2v) is 8.18. The molecule has 0 unspecified atom stereocenters. The van der Waals surface area contributed by atoms with Crippen LogP contribution in [0.3, 0.4) is 0 Å². The number of ether oxygens (including phenoxy) is 1. The van der Waals surface area contributed by atoms with Crippen molar-refractivity contribution in [3.63, 3.8) is 0 Å². The number of nitrogens with one attached hydrogen (secondary N) is 1. The van der Waals surface area contributed by atoms with Gasteiger partial charge >= 0.3 is 0 Å². The van der Waals surface area contributed by atoms with Crippen molar-refractivity contribution in [1.29, 1.82) is 0 Å². The van der Waals surface area contributed by atoms with E-state index in [-0.39, 0.29) is 31.0 Å². The summed E-state index contributed by atoms with van der Waals surface area (Å²) in [6, 6.07) is 12.0. The standard InChI is InChI=1S/C23H28Cl2N2O3/c1-5-16(3)26-23(29)17(4)27(13-18-9-10-20(24)21(25)12-18)22(28)14-30-19-8-6-7-15(2)11-19/h6-12,16-17H,5,13-14H2,1-4H3,(H,26,29)/t16-,17-/m0/s1. The lowest BCUT2D eigenvalue weighted by Crippen LogP contribution is -2.50. The topological polar surface area (TPSA) is 58.6 Å². The molecule has 7 heteroatoms. The molecule has 0 heterocycles. The fraction of sp³-hybridized carbons (Fsp3) is 0.391. The van der Waals surface area contributed by atoms with E-state index in [1.54, 1.807) is 31.2 Å². The van der Waals surface area contributed by atoms with E-state index < -0.39 is 6.04 Å². The predicted octanol–water partition coefficient (Wildman–Crippen LogP) is 5.01. The Bertz CT molecular complexity index is 889. The summed E-state index contributed by atoms with van der Waals surface area (Å²) in [5.41, 5.74) is 1.81. The summed E-state index contributed by atoms with van der Waals surface area (Å²) < 4.78 is 5.67. The van der Waals surface area contributed by atoms with Crippen molar-refractivity contribution in [2.45, 2.75) is 52.7 Å². The van der Waals surface area contributed by atoms with E-state index in [4.69, 9.17) is 27.9 Å². The van der Waals surface area contributed by atoms with Gasteiger partial charge < -0.3 is 15.0 Å². The lowest BCUT2D eigenvalue weighted by atomic mass is 10.1. The van der Waals surface area contributed by atoms with E-state index in [0.717, 1.165) is 17.5 Å². The van der Waals surface area contributed by atoms with E-state index >= 15 is 0 Å². The zero-order chi connectivity index (χ0) is 22.3. The summed E-state index contributed by atoms with van der Waals surface area (Å²) in [6.45, 7) is 7.61. The first-order valence-electron chi connectivity index (χ1n) is 9.94. The number of carbonyl (C=O) groups is 2. The van der Waals surface area contributed by atoms with Crippen LogP contribution in [0, 0.1) is 6.92 Å². The van der Waals surface area contributed by atoms with Gasteiger partial charge in [0.2, 0.25) is 5.91 Å². The van der Waals surface area contributed by atoms with Gasteiger partial charge in [0.15, 0.2) is 6.61 Å². The van der Waals surface area contributed by atoms with Crippen LogP contribution in [0.5, 0.6) is 5.75 Å². The number of rotatable bonds is 9. The van der Waals surface area contributed by atoms with Crippen LogP contribution in [0.2, 0.25) is 10.0 Å². The highest BCUT2D eigenvalue weighted by Gasteiger charge is 2.27. The number of benzene rings is 2. The number of nitrogens with zero attached hydrogens (tertiary/aromatic N) is 1. The van der Waals surface area contributed by atoms with Crippen molar-refractivity contribution < 1.29 is 14.3 Å². The fourth-order valence-corrected chi connectivity index (χ4v) is 3.14. The molecular weight excluding hydrogens is 423 g/mol. The van der Waals surface area contributed by atoms with Crippen molar-refractivity contribution >= 4 is 35.0 Å². The molecule has 0 bridgehead atoms. The number of aryl methyl sites for hydroxylation is 1. The zero-order valence-corrected chi connectivity index (χ0v) is 19.3. The number of carbonyl (C=O) groups excluding carboxylic acids is 2. The summed E-state index contributed by atoms with van der Waals surface area (Å²) in [5, 5.41) is 3.76. The largest absolute Gasteiger partial charge is 0.484 e. The van der Waals surface area contributed by atoms with Crippen LogP contribution < -0.4 is 10.1 Å². The Hall–Kier alpha value is -2.24. The average molecular weight is 451 g/mol. The lowest BCUT2D eigenvalue weighted by molar-refractivity contribution is -0.142. The molecule has 0 fully saturated rings. The van der Waals surface area contributed by atoms with Crippen molar-refractivity contribution in [2.24, 2.45) is 0 Å². The van der Waals surface area contributed by atoms with Crippen LogP contribution in [0.25, 0.3) is 0 Å². The third-order valence-electron chi connectivity index (χ3n) is 4.86. The molecule has 1 N–H and O–H groups in total. The maximum atomic E-state index is 13.0. The second-order valence-electron chi connectivity index (χ2n) is 7.37. The van der Waals surface area contributed by atoms with E-state index in [2.05, 4.69) is 5.32 Å². The molecule has 2 aromatic carbocycles. The van der Waals surface area contributed by atoms with Crippen LogP contribution in [-0.4, -0.2) is 35.4 Å². The maximum absolute atomic E-state index is 13.0. The molecule has 2 amide bonds. The molecule has 0 aliphatic rings. The third-order valence-corrected chi connectivity index (χ3v) is 5.60. The highest BCUT2D eigenvalue weighted by atomic mass is 35.5. The summed E-state index contributed by atoms with van der Waals surface area (Å²) in [4.78, 5) is 27.2. The second kappa shape index (κ2) is 11.2. The Labute approximate surface area is 188 Å². The van der Waals surface area contributed by atoms with Gasteiger partial charge in [-0.2, -0.15) is 0 Å². The van der Waals surface area contributed by atoms with Crippen molar-refractivity contribution in [1.82, 2.24) is 10.2 Å². The Morgan fingerprint density at radius 3 is 2.47 bits per heavy atom. The molecule has 30 heavy (non-hydrogen) atoms. The SMILES string of the molecule is CC[C@H](C)NC(=O)[C@H](C)N(Cc1ccc(Cl)c(Cl)c1)C(=O)COc1cccc(C)c1. The third kappa shape index (κ3) is 6.92. The summed E-state index contributed by atoms with van der Waals surface area (Å²) >= 11 is 12.1. The Kier molecular flexibility index (Phi) is 9.00. The maximum Gasteiger partial charge on any atom is 0.261 e. The molecule has 0 aliphatic heterocycles. The van der Waals surface area contributed by atoms with E-state index in [9.17, 15) is 9.59 Å². The van der Waals surface area contributed by atoms with Gasteiger partial charge in [0.05, 0.1) is 10.0 Å². The van der Waals surface area contributed by atoms with Crippen LogP contribution in [-0.2, 0) is 16.1 Å². The molecule has 0 saturated carbocycles. The van der Waals surface area contributed by atoms with Gasteiger partial charge in [-0.15, -0.1) is 0 Å². The molecule has 162 valence electrons. The first kappa shape index (κ1) is 24.0. The van der Waals surface area contributed by atoms with Crippen LogP contribution in [0.1, 0.15) is 38.3 Å². The molecule has 2 atom stereocenters. The number of hydrogen-bond acceptors (Lipinski definition) is 3. The Morgan fingerprint density at radius 2 is 1.83 bits per heavy atom. The molecule has 0 aliphatic carbocycles. The quantitative estimate of drug-likeness (QED) is 0.583. The van der Waals surface area contributed by atoms with Crippen LogP contribution in [0.15, 0.2) is 42.5 Å². The van der Waals surface area contributed by atoms with Crippen LogP contribution in [0.4, 0.5) is 0 Å². The molecule has 0 saturated heterocycles. The first-order valence-corrected chi connectivity index (χ1v) is 10.7. The van der Waals surface area contributed by atoms with E-state index in [1.807, 2.05) is 39.0 Å². The summed E-state index contributed by atoms with van der Waals surface area (Å²) in [5.74, 6) is 0.0947. The van der Waals surface area contributed by atoms with Crippen molar-refractivity contribution in [3.05, 3.63) is 63.6 Å². The molecule has 0 radical (unpaired) electrons. The van der Waals surface area contributed by atoms with Gasteiger partial charge in [-0.1, -0.05) is 48.3 Å². The highest BCUT2D eigenvalue weighted by Crippen LogP contribution is 2.24. The van der Waals surface area contributed by atoms with Gasteiger partial charge in [-0.25, -0.2) is 0 Å². The van der Waals surface area contributed by atoms with Gasteiger partial charge in [0.1, 0.15) is 11.8 Å². The smallest absolute Gasteiger partial charge is 0.261 e. The average Bonchev–Trinajstić information content (AvgIpc) is 2.72. The number of amides is 2. The minimum atomic E-state index is -0.679. The fourth-order valence-electron chi connectivity index (χ4n) is 2.82. The normalized spacial score (nSPS) is 12.7. The lowest BCUT2D eigenvalue weighted by Gasteiger charge is -2.29. The molecule has 0 spiro atoms.